The third-order valence-corrected chi connectivity index (χ3v) is 5.15. The molecule has 0 fully saturated rings. The van der Waals surface area contributed by atoms with Crippen LogP contribution in [0.2, 0.25) is 10.0 Å². The first-order valence-electron chi connectivity index (χ1n) is 9.19. The van der Waals surface area contributed by atoms with E-state index in [2.05, 4.69) is 10.6 Å². The standard InChI is InChI=1S/C23H22Cl2N2O2/c1-15-7-9-18(12-19(15)24)26-13-17-8-10-22(20(25)11-17)29-14-23(28)27-21-6-4-3-5-16(21)2/h3-12,26H,13-14H2,1-2H3,(H,27,28). The molecule has 3 aromatic carbocycles. The smallest absolute Gasteiger partial charge is 0.262 e. The summed E-state index contributed by atoms with van der Waals surface area (Å²) in [5.41, 5.74) is 4.72. The van der Waals surface area contributed by atoms with Crippen LogP contribution in [0.4, 0.5) is 11.4 Å². The van der Waals surface area contributed by atoms with E-state index in [4.69, 9.17) is 27.9 Å². The minimum Gasteiger partial charge on any atom is -0.482 e. The Labute approximate surface area is 180 Å². The number of aryl methyl sites for hydroxylation is 2. The number of rotatable bonds is 7. The number of halogens is 2. The van der Waals surface area contributed by atoms with Crippen molar-refractivity contribution in [2.75, 3.05) is 17.2 Å². The lowest BCUT2D eigenvalue weighted by Crippen LogP contribution is -2.20. The Morgan fingerprint density at radius 2 is 1.72 bits per heavy atom. The summed E-state index contributed by atoms with van der Waals surface area (Å²) in [6.07, 6.45) is 0. The molecule has 150 valence electrons. The van der Waals surface area contributed by atoms with Gasteiger partial charge in [-0.1, -0.05) is 53.5 Å². The first-order chi connectivity index (χ1) is 13.9. The fraction of sp³-hybridized carbons (Fsp3) is 0.174. The van der Waals surface area contributed by atoms with E-state index in [0.717, 1.165) is 33.1 Å². The Balaban J connectivity index is 1.54. The van der Waals surface area contributed by atoms with Crippen molar-refractivity contribution in [1.82, 2.24) is 0 Å². The van der Waals surface area contributed by atoms with Crippen molar-refractivity contribution in [3.05, 3.63) is 87.4 Å². The Morgan fingerprint density at radius 3 is 2.45 bits per heavy atom. The third-order valence-electron chi connectivity index (χ3n) is 4.44. The van der Waals surface area contributed by atoms with E-state index in [1.165, 1.54) is 0 Å². The fourth-order valence-electron chi connectivity index (χ4n) is 2.72. The first kappa shape index (κ1) is 21.0. The van der Waals surface area contributed by atoms with Crippen molar-refractivity contribution < 1.29 is 9.53 Å². The highest BCUT2D eigenvalue weighted by Gasteiger charge is 2.08. The number of nitrogens with one attached hydrogen (secondary N) is 2. The van der Waals surface area contributed by atoms with Gasteiger partial charge in [-0.15, -0.1) is 0 Å². The molecule has 0 saturated heterocycles. The second-order valence-electron chi connectivity index (χ2n) is 6.73. The van der Waals surface area contributed by atoms with Gasteiger partial charge in [0.25, 0.3) is 5.91 Å². The van der Waals surface area contributed by atoms with Crippen molar-refractivity contribution in [3.63, 3.8) is 0 Å². The van der Waals surface area contributed by atoms with Gasteiger partial charge in [-0.3, -0.25) is 4.79 Å². The summed E-state index contributed by atoms with van der Waals surface area (Å²) in [7, 11) is 0. The van der Waals surface area contributed by atoms with Gasteiger partial charge < -0.3 is 15.4 Å². The normalized spacial score (nSPS) is 10.5. The van der Waals surface area contributed by atoms with Crippen LogP contribution in [0.25, 0.3) is 0 Å². The molecular formula is C23H22Cl2N2O2. The molecule has 2 N–H and O–H groups in total. The highest BCUT2D eigenvalue weighted by Crippen LogP contribution is 2.26. The molecule has 0 spiro atoms. The van der Waals surface area contributed by atoms with Gasteiger partial charge in [0.15, 0.2) is 6.61 Å². The molecule has 4 nitrogen and oxygen atoms in total. The molecule has 1 amide bonds. The summed E-state index contributed by atoms with van der Waals surface area (Å²) in [6, 6.07) is 18.9. The summed E-state index contributed by atoms with van der Waals surface area (Å²) in [6.45, 7) is 4.37. The minimum atomic E-state index is -0.239. The van der Waals surface area contributed by atoms with Gasteiger partial charge >= 0.3 is 0 Å². The Bertz CT molecular complexity index is 1020. The van der Waals surface area contributed by atoms with E-state index in [1.807, 2.05) is 68.4 Å². The predicted octanol–water partition coefficient (Wildman–Crippen LogP) is 6.24. The summed E-state index contributed by atoms with van der Waals surface area (Å²) in [5.74, 6) is 0.228. The zero-order valence-electron chi connectivity index (χ0n) is 16.3. The number of carbonyl (C=O) groups is 1. The number of para-hydroxylation sites is 1. The van der Waals surface area contributed by atoms with Crippen molar-refractivity contribution in [2.45, 2.75) is 20.4 Å². The number of carbonyl (C=O) groups excluding carboxylic acids is 1. The topological polar surface area (TPSA) is 50.4 Å². The lowest BCUT2D eigenvalue weighted by molar-refractivity contribution is -0.118. The molecule has 6 heteroatoms. The fourth-order valence-corrected chi connectivity index (χ4v) is 3.16. The summed E-state index contributed by atoms with van der Waals surface area (Å²) < 4.78 is 5.58. The molecule has 0 radical (unpaired) electrons. The lowest BCUT2D eigenvalue weighted by Gasteiger charge is -2.12. The molecule has 0 aromatic heterocycles. The van der Waals surface area contributed by atoms with Crippen molar-refractivity contribution in [3.8, 4) is 5.75 Å². The number of hydrogen-bond donors (Lipinski definition) is 2. The average Bonchev–Trinajstić information content (AvgIpc) is 2.70. The second kappa shape index (κ2) is 9.68. The van der Waals surface area contributed by atoms with Crippen molar-refractivity contribution in [1.29, 1.82) is 0 Å². The zero-order chi connectivity index (χ0) is 20.8. The number of anilines is 2. The van der Waals surface area contributed by atoms with Crippen LogP contribution in [-0.4, -0.2) is 12.5 Å². The van der Waals surface area contributed by atoms with Crippen LogP contribution in [0.5, 0.6) is 5.75 Å². The number of ether oxygens (including phenoxy) is 1. The molecule has 0 heterocycles. The SMILES string of the molecule is Cc1ccc(NCc2ccc(OCC(=O)Nc3ccccc3C)c(Cl)c2)cc1Cl. The summed E-state index contributed by atoms with van der Waals surface area (Å²) in [4.78, 5) is 12.1. The van der Waals surface area contributed by atoms with E-state index < -0.39 is 0 Å². The van der Waals surface area contributed by atoms with Gasteiger partial charge in [0.2, 0.25) is 0 Å². The molecule has 3 rings (SSSR count). The van der Waals surface area contributed by atoms with E-state index in [0.29, 0.717) is 17.3 Å². The number of benzene rings is 3. The Hall–Kier alpha value is -2.69. The second-order valence-corrected chi connectivity index (χ2v) is 7.55. The maximum absolute atomic E-state index is 12.1. The highest BCUT2D eigenvalue weighted by atomic mass is 35.5. The Kier molecular flexibility index (Phi) is 7.02. The van der Waals surface area contributed by atoms with Gasteiger partial charge in [-0.25, -0.2) is 0 Å². The first-order valence-corrected chi connectivity index (χ1v) is 9.94. The van der Waals surface area contributed by atoms with E-state index in [9.17, 15) is 4.79 Å². The van der Waals surface area contributed by atoms with Gasteiger partial charge in [-0.2, -0.15) is 0 Å². The molecule has 0 unspecified atom stereocenters. The number of hydrogen-bond acceptors (Lipinski definition) is 3. The van der Waals surface area contributed by atoms with Gasteiger partial charge in [0, 0.05) is 22.9 Å². The van der Waals surface area contributed by atoms with Crippen LogP contribution in [0.15, 0.2) is 60.7 Å². The van der Waals surface area contributed by atoms with E-state index >= 15 is 0 Å². The molecule has 0 saturated carbocycles. The predicted molar refractivity (Wildman–Crippen MR) is 120 cm³/mol. The molecule has 0 bridgehead atoms. The summed E-state index contributed by atoms with van der Waals surface area (Å²) in [5, 5.41) is 7.32. The number of amides is 1. The van der Waals surface area contributed by atoms with Crippen LogP contribution < -0.4 is 15.4 Å². The molecule has 0 aliphatic rings. The van der Waals surface area contributed by atoms with Crippen molar-refractivity contribution in [2.24, 2.45) is 0 Å². The van der Waals surface area contributed by atoms with Crippen LogP contribution >= 0.6 is 23.2 Å². The van der Waals surface area contributed by atoms with Crippen LogP contribution in [-0.2, 0) is 11.3 Å². The molecule has 0 aliphatic carbocycles. The minimum absolute atomic E-state index is 0.118. The molecule has 3 aromatic rings. The lowest BCUT2D eigenvalue weighted by atomic mass is 10.2. The van der Waals surface area contributed by atoms with E-state index in [1.54, 1.807) is 6.07 Å². The van der Waals surface area contributed by atoms with Gasteiger partial charge in [0.05, 0.1) is 5.02 Å². The van der Waals surface area contributed by atoms with Gasteiger partial charge in [0.1, 0.15) is 5.75 Å². The quantitative estimate of drug-likeness (QED) is 0.468. The van der Waals surface area contributed by atoms with Crippen molar-refractivity contribution >= 4 is 40.5 Å². The largest absolute Gasteiger partial charge is 0.482 e. The molecular weight excluding hydrogens is 407 g/mol. The third kappa shape index (κ3) is 5.89. The maximum atomic E-state index is 12.1. The van der Waals surface area contributed by atoms with E-state index in [-0.39, 0.29) is 12.5 Å². The van der Waals surface area contributed by atoms with Gasteiger partial charge in [-0.05, 0) is 60.9 Å². The molecule has 29 heavy (non-hydrogen) atoms. The zero-order valence-corrected chi connectivity index (χ0v) is 17.8. The summed E-state index contributed by atoms with van der Waals surface area (Å²) >= 11 is 12.5. The van der Waals surface area contributed by atoms with Crippen LogP contribution in [0.3, 0.4) is 0 Å². The van der Waals surface area contributed by atoms with Crippen LogP contribution in [0, 0.1) is 13.8 Å². The Morgan fingerprint density at radius 1 is 0.931 bits per heavy atom. The molecule has 0 atom stereocenters. The monoisotopic (exact) mass is 428 g/mol. The average molecular weight is 429 g/mol. The maximum Gasteiger partial charge on any atom is 0.262 e. The molecule has 0 aliphatic heterocycles. The highest BCUT2D eigenvalue weighted by molar-refractivity contribution is 6.32. The van der Waals surface area contributed by atoms with Crippen LogP contribution in [0.1, 0.15) is 16.7 Å².